The van der Waals surface area contributed by atoms with Crippen LogP contribution in [0.1, 0.15) is 45.9 Å². The lowest BCUT2D eigenvalue weighted by atomic mass is 10.1. The summed E-state index contributed by atoms with van der Waals surface area (Å²) in [6.45, 7) is 10.5. The van der Waals surface area contributed by atoms with Crippen LogP contribution >= 0.6 is 0 Å². The van der Waals surface area contributed by atoms with Crippen molar-refractivity contribution in [3.05, 3.63) is 24.0 Å². The van der Waals surface area contributed by atoms with E-state index in [2.05, 4.69) is 29.9 Å². The van der Waals surface area contributed by atoms with Crippen LogP contribution in [-0.4, -0.2) is 53.2 Å². The zero-order chi connectivity index (χ0) is 16.3. The number of aromatic amines is 1. The minimum Gasteiger partial charge on any atom is -0.444 e. The first-order chi connectivity index (χ1) is 10.3. The quantitative estimate of drug-likeness (QED) is 0.929. The van der Waals surface area contributed by atoms with E-state index in [9.17, 15) is 4.79 Å². The fourth-order valence-electron chi connectivity index (χ4n) is 2.88. The van der Waals surface area contributed by atoms with Crippen LogP contribution in [0.15, 0.2) is 18.3 Å². The van der Waals surface area contributed by atoms with Gasteiger partial charge in [0.05, 0.1) is 0 Å². The molecule has 22 heavy (non-hydrogen) atoms. The Morgan fingerprint density at radius 2 is 2.27 bits per heavy atom. The topological polar surface area (TPSA) is 48.6 Å². The predicted octanol–water partition coefficient (Wildman–Crippen LogP) is 3.26. The molecule has 1 fully saturated rings. The molecule has 2 atom stereocenters. The number of likely N-dealkylation sites (tertiary alicyclic amines) is 1. The summed E-state index contributed by atoms with van der Waals surface area (Å²) in [5, 5.41) is 0. The minimum absolute atomic E-state index is 0.185. The molecule has 0 aromatic carbocycles. The van der Waals surface area contributed by atoms with Crippen LogP contribution in [0.5, 0.6) is 0 Å². The molecular weight excluding hydrogens is 278 g/mol. The predicted molar refractivity (Wildman–Crippen MR) is 87.8 cm³/mol. The lowest BCUT2D eigenvalue weighted by molar-refractivity contribution is 0.0285. The van der Waals surface area contributed by atoms with Gasteiger partial charge in [0.15, 0.2) is 0 Å². The highest BCUT2D eigenvalue weighted by Gasteiger charge is 2.30. The van der Waals surface area contributed by atoms with Crippen LogP contribution in [0.4, 0.5) is 4.79 Å². The van der Waals surface area contributed by atoms with Crippen molar-refractivity contribution < 1.29 is 9.53 Å². The Hall–Kier alpha value is -1.49. The number of amides is 1. The first-order valence-corrected chi connectivity index (χ1v) is 8.07. The molecule has 1 aliphatic heterocycles. The third-order valence-corrected chi connectivity index (χ3v) is 4.22. The zero-order valence-corrected chi connectivity index (χ0v) is 14.4. The van der Waals surface area contributed by atoms with Crippen molar-refractivity contribution in [3.8, 4) is 0 Å². The number of H-pyrrole nitrogens is 1. The first-order valence-electron chi connectivity index (χ1n) is 8.07. The summed E-state index contributed by atoms with van der Waals surface area (Å²) in [5.41, 5.74) is 0.804. The van der Waals surface area contributed by atoms with E-state index in [1.54, 1.807) is 0 Å². The summed E-state index contributed by atoms with van der Waals surface area (Å²) in [7, 11) is 2.14. The summed E-state index contributed by atoms with van der Waals surface area (Å²) in [6.07, 6.45) is 2.82. The molecular formula is C17H29N3O2. The molecule has 5 nitrogen and oxygen atoms in total. The molecule has 1 amide bonds. The second kappa shape index (κ2) is 6.73. The number of ether oxygens (including phenoxy) is 1. The molecule has 0 bridgehead atoms. The van der Waals surface area contributed by atoms with Gasteiger partial charge in [-0.2, -0.15) is 0 Å². The number of rotatable bonds is 4. The van der Waals surface area contributed by atoms with E-state index in [0.29, 0.717) is 12.0 Å². The molecule has 2 unspecified atom stereocenters. The molecule has 0 saturated carbocycles. The number of hydrogen-bond donors (Lipinski definition) is 1. The molecule has 124 valence electrons. The molecule has 1 saturated heterocycles. The number of nitrogens with one attached hydrogen (secondary N) is 1. The number of aromatic nitrogens is 1. The highest BCUT2D eigenvalue weighted by molar-refractivity contribution is 5.68. The molecule has 2 rings (SSSR count). The van der Waals surface area contributed by atoms with E-state index in [4.69, 9.17) is 4.74 Å². The van der Waals surface area contributed by atoms with Gasteiger partial charge in [-0.05, 0) is 59.2 Å². The van der Waals surface area contributed by atoms with Crippen molar-refractivity contribution in [2.24, 2.45) is 5.92 Å². The minimum atomic E-state index is -0.423. The highest BCUT2D eigenvalue weighted by Crippen LogP contribution is 2.23. The molecule has 1 aromatic heterocycles. The Morgan fingerprint density at radius 3 is 2.86 bits per heavy atom. The van der Waals surface area contributed by atoms with Gasteiger partial charge in [0.2, 0.25) is 0 Å². The summed E-state index contributed by atoms with van der Waals surface area (Å²) < 4.78 is 5.45. The van der Waals surface area contributed by atoms with Gasteiger partial charge in [0.1, 0.15) is 5.60 Å². The lowest BCUT2D eigenvalue weighted by Gasteiger charge is -2.27. The van der Waals surface area contributed by atoms with Gasteiger partial charge in [0, 0.05) is 37.6 Å². The summed E-state index contributed by atoms with van der Waals surface area (Å²) in [6, 6.07) is 4.49. The maximum absolute atomic E-state index is 12.1. The van der Waals surface area contributed by atoms with Crippen LogP contribution in [0.2, 0.25) is 0 Å². The normalized spacial score (nSPS) is 20.5. The number of nitrogens with zero attached hydrogens (tertiary/aromatic N) is 2. The third-order valence-electron chi connectivity index (χ3n) is 4.22. The monoisotopic (exact) mass is 307 g/mol. The van der Waals surface area contributed by atoms with Crippen LogP contribution in [0.3, 0.4) is 0 Å². The average molecular weight is 307 g/mol. The lowest BCUT2D eigenvalue weighted by Crippen LogP contribution is -2.36. The Labute approximate surface area is 133 Å². The maximum Gasteiger partial charge on any atom is 0.410 e. The molecule has 0 spiro atoms. The highest BCUT2D eigenvalue weighted by atomic mass is 16.6. The van der Waals surface area contributed by atoms with Crippen molar-refractivity contribution in [2.75, 3.05) is 26.7 Å². The average Bonchev–Trinajstić information content (AvgIpc) is 3.06. The molecule has 1 N–H and O–H groups in total. The van der Waals surface area contributed by atoms with Crippen molar-refractivity contribution in [1.29, 1.82) is 0 Å². The molecule has 1 aromatic rings. The third kappa shape index (κ3) is 4.50. The van der Waals surface area contributed by atoms with Crippen molar-refractivity contribution in [2.45, 2.75) is 45.8 Å². The smallest absolute Gasteiger partial charge is 0.410 e. The summed E-state index contributed by atoms with van der Waals surface area (Å²) in [4.78, 5) is 19.5. The summed E-state index contributed by atoms with van der Waals surface area (Å²) >= 11 is 0. The van der Waals surface area contributed by atoms with E-state index < -0.39 is 5.60 Å². The van der Waals surface area contributed by atoms with Crippen molar-refractivity contribution in [3.63, 3.8) is 0 Å². The van der Waals surface area contributed by atoms with Gasteiger partial charge >= 0.3 is 6.09 Å². The second-order valence-electron chi connectivity index (χ2n) is 7.32. The van der Waals surface area contributed by atoms with Crippen LogP contribution in [0, 0.1) is 5.92 Å². The van der Waals surface area contributed by atoms with E-state index in [-0.39, 0.29) is 6.09 Å². The Balaban J connectivity index is 1.82. The Bertz CT molecular complexity index is 479. The largest absolute Gasteiger partial charge is 0.444 e. The SMILES string of the molecule is CC(c1ccc[nH]1)N(C)CC1CCN(C(=O)OC(C)(C)C)C1. The van der Waals surface area contributed by atoms with E-state index >= 15 is 0 Å². The fourth-order valence-corrected chi connectivity index (χ4v) is 2.88. The Kier molecular flexibility index (Phi) is 5.16. The Morgan fingerprint density at radius 1 is 1.55 bits per heavy atom. The van der Waals surface area contributed by atoms with Crippen LogP contribution in [0.25, 0.3) is 0 Å². The van der Waals surface area contributed by atoms with Crippen LogP contribution < -0.4 is 0 Å². The van der Waals surface area contributed by atoms with Crippen molar-refractivity contribution >= 4 is 6.09 Å². The van der Waals surface area contributed by atoms with E-state index in [0.717, 1.165) is 26.1 Å². The van der Waals surface area contributed by atoms with E-state index in [1.807, 2.05) is 37.9 Å². The molecule has 0 aliphatic carbocycles. The van der Waals surface area contributed by atoms with Gasteiger partial charge in [-0.1, -0.05) is 0 Å². The number of carbonyl (C=O) groups is 1. The number of carbonyl (C=O) groups excluding carboxylic acids is 1. The zero-order valence-electron chi connectivity index (χ0n) is 14.4. The van der Waals surface area contributed by atoms with Gasteiger partial charge in [0.25, 0.3) is 0 Å². The molecule has 1 aliphatic rings. The molecule has 0 radical (unpaired) electrons. The van der Waals surface area contributed by atoms with E-state index in [1.165, 1.54) is 5.69 Å². The standard InChI is InChI=1S/C17H29N3O2/c1-13(15-7-6-9-18-15)19(5)11-14-8-10-20(12-14)16(21)22-17(2,3)4/h6-7,9,13-14,18H,8,10-12H2,1-5H3. The van der Waals surface area contributed by atoms with Crippen LogP contribution in [-0.2, 0) is 4.74 Å². The first kappa shape index (κ1) is 16.9. The number of hydrogen-bond acceptors (Lipinski definition) is 3. The van der Waals surface area contributed by atoms with Gasteiger partial charge in [-0.15, -0.1) is 0 Å². The maximum atomic E-state index is 12.1. The van der Waals surface area contributed by atoms with Gasteiger partial charge < -0.3 is 14.6 Å². The van der Waals surface area contributed by atoms with Gasteiger partial charge in [-0.3, -0.25) is 4.90 Å². The molecule has 5 heteroatoms. The summed E-state index contributed by atoms with van der Waals surface area (Å²) in [5.74, 6) is 0.509. The van der Waals surface area contributed by atoms with Gasteiger partial charge in [-0.25, -0.2) is 4.79 Å². The fraction of sp³-hybridized carbons (Fsp3) is 0.706. The second-order valence-corrected chi connectivity index (χ2v) is 7.32. The van der Waals surface area contributed by atoms with Crippen molar-refractivity contribution in [1.82, 2.24) is 14.8 Å². The molecule has 2 heterocycles.